The molecule has 27 heavy (non-hydrogen) atoms. The Labute approximate surface area is 160 Å². The Kier molecular flexibility index (Phi) is 4.46. The molecule has 0 saturated heterocycles. The summed E-state index contributed by atoms with van der Waals surface area (Å²) in [6, 6.07) is 13.9. The molecular formula is C21H24N2O3S. The Hall–Kier alpha value is -2.34. The second-order valence-corrected chi connectivity index (χ2v) is 9.43. The molecule has 2 unspecified atom stereocenters. The standard InChI is InChI=1S/C21H24N2O3S/c1-14-12-17-6-3-4-9-20(17)23(14)27(25,26)19-8-5-7-18(13-19)21(24)22-15(2)16-10-11-16/h3-9,13-16H,10-12H2,1-2H3,(H,22,24). The number of hydrogen-bond acceptors (Lipinski definition) is 3. The van der Waals surface area contributed by atoms with Crippen LogP contribution in [0.5, 0.6) is 0 Å². The summed E-state index contributed by atoms with van der Waals surface area (Å²) in [4.78, 5) is 12.7. The predicted octanol–water partition coefficient (Wildman–Crippen LogP) is 3.35. The third-order valence-corrected chi connectivity index (χ3v) is 7.41. The zero-order valence-corrected chi connectivity index (χ0v) is 16.4. The maximum absolute atomic E-state index is 13.3. The van der Waals surface area contributed by atoms with Crippen molar-refractivity contribution >= 4 is 21.6 Å². The molecule has 4 rings (SSSR count). The fourth-order valence-electron chi connectivity index (χ4n) is 3.82. The highest BCUT2D eigenvalue weighted by Crippen LogP contribution is 2.36. The van der Waals surface area contributed by atoms with E-state index in [9.17, 15) is 13.2 Å². The molecule has 5 nitrogen and oxygen atoms in total. The number of fused-ring (bicyclic) bond motifs is 1. The molecule has 2 aromatic rings. The van der Waals surface area contributed by atoms with Crippen LogP contribution in [-0.2, 0) is 16.4 Å². The largest absolute Gasteiger partial charge is 0.349 e. The minimum absolute atomic E-state index is 0.114. The SMILES string of the molecule is CC(NC(=O)c1cccc(S(=O)(=O)N2c3ccccc3CC2C)c1)C1CC1. The van der Waals surface area contributed by atoms with E-state index in [4.69, 9.17) is 0 Å². The molecule has 6 heteroatoms. The molecule has 142 valence electrons. The highest BCUT2D eigenvalue weighted by molar-refractivity contribution is 7.92. The van der Waals surface area contributed by atoms with Crippen LogP contribution in [0.3, 0.4) is 0 Å². The molecule has 2 aromatic carbocycles. The summed E-state index contributed by atoms with van der Waals surface area (Å²) in [6.07, 6.45) is 2.97. The van der Waals surface area contributed by atoms with Gasteiger partial charge >= 0.3 is 0 Å². The van der Waals surface area contributed by atoms with Gasteiger partial charge in [0.15, 0.2) is 0 Å². The first kappa shape index (κ1) is 18.0. The van der Waals surface area contributed by atoms with Crippen molar-refractivity contribution in [2.75, 3.05) is 4.31 Å². The summed E-state index contributed by atoms with van der Waals surface area (Å²) in [5.41, 5.74) is 2.13. The number of amides is 1. The van der Waals surface area contributed by atoms with Crippen LogP contribution in [0.25, 0.3) is 0 Å². The topological polar surface area (TPSA) is 66.5 Å². The molecule has 2 aliphatic rings. The van der Waals surface area contributed by atoms with E-state index in [0.29, 0.717) is 17.9 Å². The van der Waals surface area contributed by atoms with Crippen LogP contribution in [0.4, 0.5) is 5.69 Å². The first-order valence-electron chi connectivity index (χ1n) is 9.41. The summed E-state index contributed by atoms with van der Waals surface area (Å²) in [6.45, 7) is 3.91. The van der Waals surface area contributed by atoms with Gasteiger partial charge in [-0.3, -0.25) is 9.10 Å². The molecule has 1 aliphatic carbocycles. The number of rotatable bonds is 5. The van der Waals surface area contributed by atoms with Gasteiger partial charge in [0.05, 0.1) is 10.6 Å². The lowest BCUT2D eigenvalue weighted by Crippen LogP contribution is -2.36. The monoisotopic (exact) mass is 384 g/mol. The van der Waals surface area contributed by atoms with Crippen molar-refractivity contribution in [2.24, 2.45) is 5.92 Å². The smallest absolute Gasteiger partial charge is 0.264 e. The van der Waals surface area contributed by atoms with Gasteiger partial charge in [0.2, 0.25) is 0 Å². The van der Waals surface area contributed by atoms with Crippen LogP contribution in [-0.4, -0.2) is 26.4 Å². The molecule has 1 N–H and O–H groups in total. The zero-order valence-electron chi connectivity index (χ0n) is 15.6. The van der Waals surface area contributed by atoms with E-state index >= 15 is 0 Å². The molecule has 0 aromatic heterocycles. The normalized spacial score (nSPS) is 20.2. The lowest BCUT2D eigenvalue weighted by atomic mass is 10.1. The number of carbonyl (C=O) groups is 1. The van der Waals surface area contributed by atoms with Crippen LogP contribution in [0.15, 0.2) is 53.4 Å². The highest BCUT2D eigenvalue weighted by Gasteiger charge is 2.36. The van der Waals surface area contributed by atoms with E-state index in [2.05, 4.69) is 5.32 Å². The van der Waals surface area contributed by atoms with Gasteiger partial charge in [-0.05, 0) is 68.9 Å². The van der Waals surface area contributed by atoms with E-state index in [1.165, 1.54) is 10.4 Å². The Morgan fingerprint density at radius 2 is 1.89 bits per heavy atom. The van der Waals surface area contributed by atoms with Gasteiger partial charge in [0.1, 0.15) is 0 Å². The Morgan fingerprint density at radius 1 is 1.15 bits per heavy atom. The van der Waals surface area contributed by atoms with Gasteiger partial charge in [0.25, 0.3) is 15.9 Å². The molecule has 0 spiro atoms. The van der Waals surface area contributed by atoms with E-state index < -0.39 is 10.0 Å². The van der Waals surface area contributed by atoms with Crippen molar-refractivity contribution < 1.29 is 13.2 Å². The first-order valence-corrected chi connectivity index (χ1v) is 10.8. The molecule has 0 bridgehead atoms. The fraction of sp³-hybridized carbons (Fsp3) is 0.381. The van der Waals surface area contributed by atoms with Gasteiger partial charge < -0.3 is 5.32 Å². The van der Waals surface area contributed by atoms with Gasteiger partial charge in [-0.15, -0.1) is 0 Å². The first-order chi connectivity index (χ1) is 12.9. The minimum atomic E-state index is -3.74. The number of para-hydroxylation sites is 1. The van der Waals surface area contributed by atoms with Crippen molar-refractivity contribution in [1.29, 1.82) is 0 Å². The third kappa shape index (κ3) is 3.34. The van der Waals surface area contributed by atoms with Crippen molar-refractivity contribution in [3.63, 3.8) is 0 Å². The van der Waals surface area contributed by atoms with E-state index in [0.717, 1.165) is 24.1 Å². The van der Waals surface area contributed by atoms with Crippen molar-refractivity contribution in [3.8, 4) is 0 Å². The number of carbonyl (C=O) groups excluding carboxylic acids is 1. The summed E-state index contributed by atoms with van der Waals surface area (Å²) in [5.74, 6) is 0.323. The van der Waals surface area contributed by atoms with Crippen molar-refractivity contribution in [3.05, 3.63) is 59.7 Å². The average Bonchev–Trinajstić information content (AvgIpc) is 3.43. The number of nitrogens with one attached hydrogen (secondary N) is 1. The maximum Gasteiger partial charge on any atom is 0.264 e. The molecule has 1 aliphatic heterocycles. The van der Waals surface area contributed by atoms with Crippen LogP contribution < -0.4 is 9.62 Å². The molecule has 0 radical (unpaired) electrons. The number of nitrogens with zero attached hydrogens (tertiary/aromatic N) is 1. The molecule has 1 fully saturated rings. The Morgan fingerprint density at radius 3 is 2.63 bits per heavy atom. The second-order valence-electron chi connectivity index (χ2n) is 7.61. The van der Waals surface area contributed by atoms with Gasteiger partial charge in [-0.1, -0.05) is 24.3 Å². The molecule has 1 heterocycles. The van der Waals surface area contributed by atoms with Crippen LogP contribution in [0.2, 0.25) is 0 Å². The van der Waals surface area contributed by atoms with E-state index in [1.54, 1.807) is 18.2 Å². The number of sulfonamides is 1. The summed E-state index contributed by atoms with van der Waals surface area (Å²) >= 11 is 0. The lowest BCUT2D eigenvalue weighted by molar-refractivity contribution is 0.0935. The Balaban J connectivity index is 1.64. The summed E-state index contributed by atoms with van der Waals surface area (Å²) in [5, 5.41) is 2.98. The van der Waals surface area contributed by atoms with Crippen LogP contribution >= 0.6 is 0 Å². The van der Waals surface area contributed by atoms with E-state index in [-0.39, 0.29) is 22.9 Å². The van der Waals surface area contributed by atoms with Crippen LogP contribution in [0, 0.1) is 5.92 Å². The van der Waals surface area contributed by atoms with Crippen LogP contribution in [0.1, 0.15) is 42.6 Å². The Bertz CT molecular complexity index is 982. The van der Waals surface area contributed by atoms with E-state index in [1.807, 2.05) is 38.1 Å². The maximum atomic E-state index is 13.3. The summed E-state index contributed by atoms with van der Waals surface area (Å²) in [7, 11) is -3.74. The minimum Gasteiger partial charge on any atom is -0.349 e. The highest BCUT2D eigenvalue weighted by atomic mass is 32.2. The molecule has 1 amide bonds. The number of anilines is 1. The van der Waals surface area contributed by atoms with Crippen molar-refractivity contribution in [1.82, 2.24) is 5.32 Å². The van der Waals surface area contributed by atoms with Gasteiger partial charge in [0, 0.05) is 17.6 Å². The predicted molar refractivity (Wildman–Crippen MR) is 105 cm³/mol. The molecule has 1 saturated carbocycles. The third-order valence-electron chi connectivity index (χ3n) is 5.49. The molecule has 2 atom stereocenters. The average molecular weight is 385 g/mol. The zero-order chi connectivity index (χ0) is 19.2. The second kappa shape index (κ2) is 6.68. The number of hydrogen-bond donors (Lipinski definition) is 1. The van der Waals surface area contributed by atoms with Gasteiger partial charge in [-0.2, -0.15) is 0 Å². The molecular weight excluding hydrogens is 360 g/mol. The fourth-order valence-corrected chi connectivity index (χ4v) is 5.56. The van der Waals surface area contributed by atoms with Gasteiger partial charge in [-0.25, -0.2) is 8.42 Å². The quantitative estimate of drug-likeness (QED) is 0.860. The van der Waals surface area contributed by atoms with Crippen molar-refractivity contribution in [2.45, 2.75) is 50.1 Å². The summed E-state index contributed by atoms with van der Waals surface area (Å²) < 4.78 is 28.1. The number of benzene rings is 2. The lowest BCUT2D eigenvalue weighted by Gasteiger charge is -2.24.